The predicted molar refractivity (Wildman–Crippen MR) is 261 cm³/mol. The summed E-state index contributed by atoms with van der Waals surface area (Å²) >= 11 is 12.7. The third-order valence-corrected chi connectivity index (χ3v) is 16.4. The van der Waals surface area contributed by atoms with Crippen molar-refractivity contribution in [1.82, 2.24) is 0 Å². The zero-order chi connectivity index (χ0) is 39.8. The van der Waals surface area contributed by atoms with Crippen LogP contribution in [0.5, 0.6) is 0 Å². The molecule has 10 aromatic rings. The van der Waals surface area contributed by atoms with Crippen molar-refractivity contribution in [3.8, 4) is 33.4 Å². The highest BCUT2D eigenvalue weighted by atomic mass is 79.9. The Morgan fingerprint density at radius 2 is 0.517 bits per heavy atom. The van der Waals surface area contributed by atoms with Crippen LogP contribution in [-0.4, -0.2) is 0 Å². The zero-order valence-electron chi connectivity index (χ0n) is 32.2. The molecule has 3 aliphatic rings. The molecule has 10 aromatic carbocycles. The predicted octanol–water partition coefficient (Wildman–Crippen LogP) is 16.9. The minimum atomic E-state index is 0.00508. The van der Waals surface area contributed by atoms with Crippen LogP contribution in [0.25, 0.3) is 65.7 Å². The van der Waals surface area contributed by atoms with Crippen molar-refractivity contribution in [3.63, 3.8) is 0 Å². The van der Waals surface area contributed by atoms with Gasteiger partial charge in [0.1, 0.15) is 0 Å². The topological polar surface area (TPSA) is 0 Å². The maximum Gasteiger partial charge on any atom is 0.0370 e. The number of benzene rings is 10. The SMILES string of the molecule is Brc1c([C@@H]2c3ccccc3-c3c2c2c(c4c3[C@H](c3ccc5ccccc5c3Br)c3ccccc3-4)[C@H](c3ccc4ccccc4c3Br)c3ccccc3-2)ccc2ccccc12. The van der Waals surface area contributed by atoms with Gasteiger partial charge < -0.3 is 0 Å². The maximum atomic E-state index is 4.24. The van der Waals surface area contributed by atoms with E-state index < -0.39 is 0 Å². The summed E-state index contributed by atoms with van der Waals surface area (Å²) < 4.78 is 3.50. The van der Waals surface area contributed by atoms with Gasteiger partial charge in [0.05, 0.1) is 0 Å². The second kappa shape index (κ2) is 13.2. The molecule has 0 N–H and O–H groups in total. The van der Waals surface area contributed by atoms with Gasteiger partial charge in [0.2, 0.25) is 0 Å². The van der Waals surface area contributed by atoms with Gasteiger partial charge in [-0.2, -0.15) is 0 Å². The van der Waals surface area contributed by atoms with Crippen LogP contribution in [-0.2, 0) is 0 Å². The van der Waals surface area contributed by atoms with Gasteiger partial charge in [-0.15, -0.1) is 0 Å². The van der Waals surface area contributed by atoms with Gasteiger partial charge in [0.15, 0.2) is 0 Å². The van der Waals surface area contributed by atoms with Crippen LogP contribution >= 0.6 is 47.8 Å². The molecule has 3 aliphatic carbocycles. The molecule has 282 valence electrons. The van der Waals surface area contributed by atoms with Crippen LogP contribution in [0.4, 0.5) is 0 Å². The average Bonchev–Trinajstić information content (AvgIpc) is 3.93. The first-order valence-electron chi connectivity index (χ1n) is 20.6. The van der Waals surface area contributed by atoms with E-state index in [1.165, 1.54) is 129 Å². The molecule has 0 saturated heterocycles. The Morgan fingerprint density at radius 3 is 0.833 bits per heavy atom. The van der Waals surface area contributed by atoms with E-state index in [0.29, 0.717) is 0 Å². The summed E-state index contributed by atoms with van der Waals surface area (Å²) in [6, 6.07) is 68.2. The van der Waals surface area contributed by atoms with E-state index in [0.717, 1.165) is 0 Å². The normalized spacial score (nSPS) is 16.8. The minimum Gasteiger partial charge on any atom is -0.0619 e. The molecule has 0 aliphatic heterocycles. The third kappa shape index (κ3) is 4.72. The van der Waals surface area contributed by atoms with Gasteiger partial charge in [0, 0.05) is 31.2 Å². The highest BCUT2D eigenvalue weighted by Crippen LogP contribution is 2.67. The lowest BCUT2D eigenvalue weighted by molar-refractivity contribution is 0.974. The first-order valence-corrected chi connectivity index (χ1v) is 23.0. The molecule has 0 radical (unpaired) electrons. The van der Waals surface area contributed by atoms with Crippen LogP contribution < -0.4 is 0 Å². The Bertz CT molecular complexity index is 3120. The second-order valence-corrected chi connectivity index (χ2v) is 18.9. The lowest BCUT2D eigenvalue weighted by atomic mass is 9.77. The molecule has 0 fully saturated rings. The number of halogens is 3. The first-order chi connectivity index (χ1) is 29.6. The van der Waals surface area contributed by atoms with Crippen molar-refractivity contribution in [1.29, 1.82) is 0 Å². The van der Waals surface area contributed by atoms with E-state index >= 15 is 0 Å². The third-order valence-electron chi connectivity index (χ3n) is 13.7. The monoisotopic (exact) mass is 954 g/mol. The number of rotatable bonds is 3. The van der Waals surface area contributed by atoms with E-state index in [1.54, 1.807) is 0 Å². The lowest BCUT2D eigenvalue weighted by Crippen LogP contribution is -2.09. The van der Waals surface area contributed by atoms with E-state index in [1.807, 2.05) is 0 Å². The molecule has 0 nitrogen and oxygen atoms in total. The van der Waals surface area contributed by atoms with Crippen LogP contribution in [0.2, 0.25) is 0 Å². The molecule has 60 heavy (non-hydrogen) atoms. The van der Waals surface area contributed by atoms with Crippen LogP contribution in [0.3, 0.4) is 0 Å². The molecule has 0 aromatic heterocycles. The number of hydrogen-bond donors (Lipinski definition) is 0. The average molecular weight is 958 g/mol. The van der Waals surface area contributed by atoms with Crippen molar-refractivity contribution < 1.29 is 0 Å². The van der Waals surface area contributed by atoms with Crippen molar-refractivity contribution in [2.45, 2.75) is 17.8 Å². The summed E-state index contributed by atoms with van der Waals surface area (Å²) in [5, 5.41) is 7.43. The van der Waals surface area contributed by atoms with Crippen LogP contribution in [0.1, 0.15) is 67.8 Å². The van der Waals surface area contributed by atoms with E-state index in [4.69, 9.17) is 0 Å². The maximum absolute atomic E-state index is 4.24. The summed E-state index contributed by atoms with van der Waals surface area (Å²) in [6.45, 7) is 0. The standard InChI is InChI=1S/C57H33Br3/c58-55-34-16-4-1-13-31(34)25-28-43(55)46-37-19-7-10-22-40(37)49-52(46)50-41-23-11-8-20-38(41)47(44-29-26-32-14-2-5-17-35(32)56(44)59)54(50)51-42-24-12-9-21-39(42)48(53(49)51)45-30-27-33-15-3-6-18-36(33)57(45)60/h1-30,46-48H/t46-,47-,48-/m0/s1. The molecule has 0 saturated carbocycles. The highest BCUT2D eigenvalue weighted by molar-refractivity contribution is 9.11. The Balaban J connectivity index is 1.23. The number of hydrogen-bond acceptors (Lipinski definition) is 0. The van der Waals surface area contributed by atoms with Crippen LogP contribution in [0.15, 0.2) is 195 Å². The summed E-state index contributed by atoms with van der Waals surface area (Å²) in [5.41, 5.74) is 20.4. The van der Waals surface area contributed by atoms with E-state index in [-0.39, 0.29) is 17.8 Å². The van der Waals surface area contributed by atoms with Gasteiger partial charge in [-0.25, -0.2) is 0 Å². The fourth-order valence-corrected chi connectivity index (χ4v) is 13.5. The van der Waals surface area contributed by atoms with Crippen LogP contribution in [0, 0.1) is 0 Å². The van der Waals surface area contributed by atoms with Gasteiger partial charge in [0.25, 0.3) is 0 Å². The summed E-state index contributed by atoms with van der Waals surface area (Å²) in [4.78, 5) is 0. The fraction of sp³-hybridized carbons (Fsp3) is 0.0526. The second-order valence-electron chi connectivity index (χ2n) is 16.5. The van der Waals surface area contributed by atoms with Crippen molar-refractivity contribution in [2.24, 2.45) is 0 Å². The molecule has 13 rings (SSSR count). The van der Waals surface area contributed by atoms with Gasteiger partial charge in [-0.05, 0) is 164 Å². The molecular formula is C57H33Br3. The molecule has 0 amide bonds. The minimum absolute atomic E-state index is 0.00508. The van der Waals surface area contributed by atoms with Gasteiger partial charge in [-0.1, -0.05) is 182 Å². The van der Waals surface area contributed by atoms with Gasteiger partial charge in [-0.3, -0.25) is 0 Å². The molecule has 3 atom stereocenters. The Morgan fingerprint density at radius 1 is 0.250 bits per heavy atom. The smallest absolute Gasteiger partial charge is 0.0370 e. The van der Waals surface area contributed by atoms with Crippen molar-refractivity contribution in [3.05, 3.63) is 245 Å². The summed E-state index contributed by atoms with van der Waals surface area (Å²) in [7, 11) is 0. The Kier molecular flexibility index (Phi) is 7.75. The van der Waals surface area contributed by atoms with Crippen molar-refractivity contribution in [2.75, 3.05) is 0 Å². The molecule has 0 heterocycles. The molecule has 0 spiro atoms. The van der Waals surface area contributed by atoms with Gasteiger partial charge >= 0.3 is 0 Å². The molecular weight excluding hydrogens is 924 g/mol. The molecule has 3 heteroatoms. The molecule has 0 bridgehead atoms. The largest absolute Gasteiger partial charge is 0.0619 e. The van der Waals surface area contributed by atoms with E-state index in [2.05, 4.69) is 230 Å². The zero-order valence-corrected chi connectivity index (χ0v) is 36.9. The quantitative estimate of drug-likeness (QED) is 0.166. The van der Waals surface area contributed by atoms with E-state index in [9.17, 15) is 0 Å². The fourth-order valence-electron chi connectivity index (χ4n) is 11.3. The first kappa shape index (κ1) is 35.2. The number of fused-ring (bicyclic) bond motifs is 15. The van der Waals surface area contributed by atoms with Crippen molar-refractivity contribution >= 4 is 80.1 Å². The lowest BCUT2D eigenvalue weighted by Gasteiger charge is -2.26. The Labute approximate surface area is 373 Å². The summed E-state index contributed by atoms with van der Waals surface area (Å²) in [5.74, 6) is 0.0152. The molecule has 0 unspecified atom stereocenters. The Hall–Kier alpha value is -5.58. The highest BCUT2D eigenvalue weighted by Gasteiger charge is 2.48. The summed E-state index contributed by atoms with van der Waals surface area (Å²) in [6.07, 6.45) is 0.